The molecule has 3 aromatic heterocycles. The molecule has 0 fully saturated rings. The van der Waals surface area contributed by atoms with Crippen molar-refractivity contribution in [3.8, 4) is 11.9 Å². The number of fused-ring (bicyclic) bond motifs is 1. The highest BCUT2D eigenvalue weighted by Crippen LogP contribution is 2.29. The second-order valence-corrected chi connectivity index (χ2v) is 4.69. The highest BCUT2D eigenvalue weighted by molar-refractivity contribution is 6.35. The molecular formula is C11H11ClN8O. The largest absolute Gasteiger partial charge is 0.405 e. The molecule has 10 heteroatoms. The Balaban J connectivity index is 2.07. The van der Waals surface area contributed by atoms with Crippen molar-refractivity contribution in [3.05, 3.63) is 16.8 Å². The topological polar surface area (TPSA) is 131 Å². The Bertz CT molecular complexity index is 826. The van der Waals surface area contributed by atoms with Gasteiger partial charge in [-0.25, -0.2) is 0 Å². The molecule has 0 saturated heterocycles. The normalized spacial score (nSPS) is 11.0. The molecule has 0 amide bonds. The number of nitrogen functional groups attached to an aromatic ring is 2. The number of ether oxygens (including phenoxy) is 1. The van der Waals surface area contributed by atoms with Crippen molar-refractivity contribution in [1.29, 1.82) is 0 Å². The first-order valence-corrected chi connectivity index (χ1v) is 6.26. The minimum Gasteiger partial charge on any atom is -0.405 e. The molecule has 0 aromatic carbocycles. The van der Waals surface area contributed by atoms with Crippen LogP contribution in [0.1, 0.15) is 5.69 Å². The van der Waals surface area contributed by atoms with E-state index in [4.69, 9.17) is 27.8 Å². The van der Waals surface area contributed by atoms with Gasteiger partial charge in [0.25, 0.3) is 0 Å². The van der Waals surface area contributed by atoms with E-state index in [0.29, 0.717) is 10.7 Å². The summed E-state index contributed by atoms with van der Waals surface area (Å²) in [6.45, 7) is 1.85. The van der Waals surface area contributed by atoms with E-state index >= 15 is 0 Å². The van der Waals surface area contributed by atoms with E-state index in [1.807, 2.05) is 6.92 Å². The molecule has 4 N–H and O–H groups in total. The van der Waals surface area contributed by atoms with Crippen LogP contribution in [0.2, 0.25) is 5.02 Å². The number of hydrogen-bond acceptors (Lipinski definition) is 8. The Labute approximate surface area is 123 Å². The zero-order chi connectivity index (χ0) is 15.1. The van der Waals surface area contributed by atoms with Crippen molar-refractivity contribution in [3.63, 3.8) is 0 Å². The van der Waals surface area contributed by atoms with Crippen LogP contribution in [0.15, 0.2) is 6.07 Å². The minimum absolute atomic E-state index is 0.0407. The number of aryl methyl sites for hydroxylation is 2. The Morgan fingerprint density at radius 1 is 1.14 bits per heavy atom. The van der Waals surface area contributed by atoms with Crippen LogP contribution in [0.4, 0.5) is 11.9 Å². The maximum absolute atomic E-state index is 6.23. The molecule has 0 aliphatic carbocycles. The number of nitrogens with two attached hydrogens (primary N) is 2. The zero-order valence-electron chi connectivity index (χ0n) is 11.2. The molecule has 3 aromatic rings. The van der Waals surface area contributed by atoms with Crippen LogP contribution in [-0.4, -0.2) is 29.7 Å². The van der Waals surface area contributed by atoms with Gasteiger partial charge in [-0.2, -0.15) is 25.0 Å². The van der Waals surface area contributed by atoms with Gasteiger partial charge in [-0.05, 0) is 6.92 Å². The summed E-state index contributed by atoms with van der Waals surface area (Å²) in [5.74, 6) is 0.127. The summed E-state index contributed by atoms with van der Waals surface area (Å²) in [5, 5.41) is 5.49. The number of nitrogens with zero attached hydrogens (tertiary/aromatic N) is 6. The molecule has 9 nitrogen and oxygen atoms in total. The third-order valence-electron chi connectivity index (χ3n) is 2.74. The maximum atomic E-state index is 6.23. The monoisotopic (exact) mass is 306 g/mol. The molecule has 0 bridgehead atoms. The lowest BCUT2D eigenvalue weighted by Gasteiger charge is -2.05. The average Bonchev–Trinajstić information content (AvgIpc) is 2.63. The van der Waals surface area contributed by atoms with Crippen molar-refractivity contribution < 1.29 is 4.74 Å². The van der Waals surface area contributed by atoms with E-state index in [-0.39, 0.29) is 23.8 Å². The van der Waals surface area contributed by atoms with Gasteiger partial charge < -0.3 is 16.2 Å². The van der Waals surface area contributed by atoms with Gasteiger partial charge >= 0.3 is 6.01 Å². The molecule has 0 spiro atoms. The molecule has 0 saturated carbocycles. The highest BCUT2D eigenvalue weighted by Gasteiger charge is 2.14. The smallest absolute Gasteiger partial charge is 0.329 e. The van der Waals surface area contributed by atoms with Crippen molar-refractivity contribution in [2.45, 2.75) is 6.92 Å². The predicted molar refractivity (Wildman–Crippen MR) is 77.0 cm³/mol. The van der Waals surface area contributed by atoms with Crippen molar-refractivity contribution in [2.75, 3.05) is 11.5 Å². The summed E-state index contributed by atoms with van der Waals surface area (Å²) >= 11 is 6.23. The van der Waals surface area contributed by atoms with Crippen molar-refractivity contribution in [1.82, 2.24) is 29.7 Å². The van der Waals surface area contributed by atoms with E-state index in [1.165, 1.54) is 0 Å². The Hall–Kier alpha value is -2.68. The summed E-state index contributed by atoms with van der Waals surface area (Å²) in [6, 6.07) is 1.50. The van der Waals surface area contributed by atoms with Crippen LogP contribution in [0.3, 0.4) is 0 Å². The Kier molecular flexibility index (Phi) is 2.98. The van der Waals surface area contributed by atoms with Gasteiger partial charge in [-0.3, -0.25) is 4.68 Å². The fourth-order valence-electron chi connectivity index (χ4n) is 1.95. The Morgan fingerprint density at radius 3 is 2.48 bits per heavy atom. The van der Waals surface area contributed by atoms with E-state index in [9.17, 15) is 0 Å². The van der Waals surface area contributed by atoms with Crippen LogP contribution in [0, 0.1) is 6.92 Å². The quantitative estimate of drug-likeness (QED) is 0.718. The molecule has 0 aliphatic heterocycles. The maximum Gasteiger partial charge on any atom is 0.329 e. The van der Waals surface area contributed by atoms with Gasteiger partial charge in [0.1, 0.15) is 0 Å². The highest BCUT2D eigenvalue weighted by atomic mass is 35.5. The van der Waals surface area contributed by atoms with E-state index in [1.54, 1.807) is 17.8 Å². The first-order valence-electron chi connectivity index (χ1n) is 5.89. The molecule has 108 valence electrons. The number of halogens is 1. The number of anilines is 2. The number of aromatic nitrogens is 6. The van der Waals surface area contributed by atoms with Gasteiger partial charge in [0.05, 0.1) is 16.1 Å². The lowest BCUT2D eigenvalue weighted by Crippen LogP contribution is -2.05. The van der Waals surface area contributed by atoms with Gasteiger partial charge in [0.15, 0.2) is 5.65 Å². The van der Waals surface area contributed by atoms with Crippen LogP contribution >= 0.6 is 11.6 Å². The summed E-state index contributed by atoms with van der Waals surface area (Å²) in [6.07, 6.45) is 0. The Morgan fingerprint density at radius 2 is 1.81 bits per heavy atom. The lowest BCUT2D eigenvalue weighted by molar-refractivity contribution is 0.426. The van der Waals surface area contributed by atoms with Crippen molar-refractivity contribution >= 4 is 34.5 Å². The minimum atomic E-state index is -0.0539. The molecule has 21 heavy (non-hydrogen) atoms. The standard InChI is InChI=1S/C11H11ClN8O/c1-4-7-5(12)3-6(15-8(7)20(2)19-4)21-11-17-9(13)16-10(14)18-11/h3H,1-2H3,(H4,13,14,16,17,18). The van der Waals surface area contributed by atoms with Crippen LogP contribution in [0.25, 0.3) is 11.0 Å². The van der Waals surface area contributed by atoms with Gasteiger partial charge in [0.2, 0.25) is 17.8 Å². The molecule has 3 heterocycles. The van der Waals surface area contributed by atoms with Crippen LogP contribution in [0.5, 0.6) is 11.9 Å². The molecule has 0 aliphatic rings. The molecular weight excluding hydrogens is 296 g/mol. The number of hydrogen-bond donors (Lipinski definition) is 2. The zero-order valence-corrected chi connectivity index (χ0v) is 12.0. The molecule has 3 rings (SSSR count). The number of rotatable bonds is 2. The third-order valence-corrected chi connectivity index (χ3v) is 3.04. The summed E-state index contributed by atoms with van der Waals surface area (Å²) in [5.41, 5.74) is 12.3. The van der Waals surface area contributed by atoms with Crippen LogP contribution in [-0.2, 0) is 7.05 Å². The fourth-order valence-corrected chi connectivity index (χ4v) is 2.27. The summed E-state index contributed by atoms with van der Waals surface area (Å²) in [4.78, 5) is 15.6. The average molecular weight is 307 g/mol. The summed E-state index contributed by atoms with van der Waals surface area (Å²) in [7, 11) is 1.77. The second kappa shape index (κ2) is 4.70. The predicted octanol–water partition coefficient (Wildman–Crippen LogP) is 1.07. The van der Waals surface area contributed by atoms with E-state index < -0.39 is 0 Å². The summed E-state index contributed by atoms with van der Waals surface area (Å²) < 4.78 is 7.04. The van der Waals surface area contributed by atoms with Crippen LogP contribution < -0.4 is 16.2 Å². The second-order valence-electron chi connectivity index (χ2n) is 4.29. The molecule has 0 radical (unpaired) electrons. The van der Waals surface area contributed by atoms with Gasteiger partial charge in [0, 0.05) is 13.1 Å². The fraction of sp³-hybridized carbons (Fsp3) is 0.182. The van der Waals surface area contributed by atoms with Crippen molar-refractivity contribution in [2.24, 2.45) is 7.05 Å². The lowest BCUT2D eigenvalue weighted by atomic mass is 10.3. The first kappa shape index (κ1) is 13.3. The number of pyridine rings is 1. The SMILES string of the molecule is Cc1nn(C)c2nc(Oc3nc(N)nc(N)n3)cc(Cl)c12. The molecule has 0 atom stereocenters. The third kappa shape index (κ3) is 2.38. The van der Waals surface area contributed by atoms with Gasteiger partial charge in [-0.1, -0.05) is 11.6 Å². The first-order chi connectivity index (χ1) is 9.94. The molecule has 0 unspecified atom stereocenters. The van der Waals surface area contributed by atoms with Gasteiger partial charge in [-0.15, -0.1) is 0 Å². The van der Waals surface area contributed by atoms with E-state index in [0.717, 1.165) is 11.1 Å². The van der Waals surface area contributed by atoms with E-state index in [2.05, 4.69) is 25.0 Å².